The first-order valence-electron chi connectivity index (χ1n) is 11.5. The minimum absolute atomic E-state index is 0.00888. The SMILES string of the molecule is CCCNC(=O)c1ccc2c(c1)N(Cc1ccc(Cl)cc1)C(=O)[C@@H](NC(=O)OC(C)(C)C)CS2(=O)=O. The molecule has 0 radical (unpaired) electrons. The Morgan fingerprint density at radius 2 is 1.81 bits per heavy atom. The lowest BCUT2D eigenvalue weighted by Crippen LogP contribution is -2.51. The normalized spacial score (nSPS) is 17.1. The lowest BCUT2D eigenvalue weighted by molar-refractivity contribution is -0.120. The van der Waals surface area contributed by atoms with Gasteiger partial charge in [-0.15, -0.1) is 0 Å². The van der Waals surface area contributed by atoms with E-state index in [0.717, 1.165) is 6.42 Å². The molecule has 1 aliphatic heterocycles. The van der Waals surface area contributed by atoms with Crippen molar-refractivity contribution in [2.45, 2.75) is 57.2 Å². The van der Waals surface area contributed by atoms with Crippen LogP contribution in [0.2, 0.25) is 5.02 Å². The van der Waals surface area contributed by atoms with Gasteiger partial charge in [-0.3, -0.25) is 9.59 Å². The Balaban J connectivity index is 2.08. The van der Waals surface area contributed by atoms with Gasteiger partial charge in [0.05, 0.1) is 22.9 Å². The van der Waals surface area contributed by atoms with Crippen molar-refractivity contribution in [2.75, 3.05) is 17.2 Å². The first-order chi connectivity index (χ1) is 16.8. The van der Waals surface area contributed by atoms with Gasteiger partial charge in [-0.2, -0.15) is 0 Å². The molecule has 194 valence electrons. The van der Waals surface area contributed by atoms with Gasteiger partial charge in [-0.05, 0) is 63.1 Å². The van der Waals surface area contributed by atoms with Crippen molar-refractivity contribution in [2.24, 2.45) is 0 Å². The number of amides is 3. The number of fused-ring (bicyclic) bond motifs is 1. The highest BCUT2D eigenvalue weighted by Crippen LogP contribution is 2.33. The van der Waals surface area contributed by atoms with E-state index in [9.17, 15) is 22.8 Å². The fraction of sp³-hybridized carbons (Fsp3) is 0.400. The van der Waals surface area contributed by atoms with Crippen molar-refractivity contribution in [1.29, 1.82) is 0 Å². The van der Waals surface area contributed by atoms with Gasteiger partial charge in [0.2, 0.25) is 0 Å². The molecule has 0 saturated heterocycles. The molecule has 0 unspecified atom stereocenters. The van der Waals surface area contributed by atoms with Crippen LogP contribution < -0.4 is 15.5 Å². The van der Waals surface area contributed by atoms with Gasteiger partial charge in [0.25, 0.3) is 11.8 Å². The number of alkyl carbamates (subject to hydrolysis) is 1. The van der Waals surface area contributed by atoms with Crippen LogP contribution in [0.25, 0.3) is 0 Å². The lowest BCUT2D eigenvalue weighted by Gasteiger charge is -2.27. The molecule has 9 nitrogen and oxygen atoms in total. The summed E-state index contributed by atoms with van der Waals surface area (Å²) >= 11 is 5.99. The first-order valence-corrected chi connectivity index (χ1v) is 13.5. The fourth-order valence-electron chi connectivity index (χ4n) is 3.65. The average molecular weight is 536 g/mol. The molecule has 2 N–H and O–H groups in total. The molecule has 0 aliphatic carbocycles. The third-order valence-corrected chi connectivity index (χ3v) is 7.32. The smallest absolute Gasteiger partial charge is 0.408 e. The Morgan fingerprint density at radius 3 is 2.42 bits per heavy atom. The van der Waals surface area contributed by atoms with Crippen molar-refractivity contribution in [1.82, 2.24) is 10.6 Å². The molecular weight excluding hydrogens is 506 g/mol. The molecule has 3 rings (SSSR count). The molecule has 0 aromatic heterocycles. The largest absolute Gasteiger partial charge is 0.444 e. The number of hydrogen-bond acceptors (Lipinski definition) is 6. The number of carbonyl (C=O) groups is 3. The molecule has 36 heavy (non-hydrogen) atoms. The molecular formula is C25H30ClN3O6S. The summed E-state index contributed by atoms with van der Waals surface area (Å²) in [5.74, 6) is -1.69. The highest BCUT2D eigenvalue weighted by Gasteiger charge is 2.39. The summed E-state index contributed by atoms with van der Waals surface area (Å²) in [5.41, 5.74) is 0.107. The van der Waals surface area contributed by atoms with Gasteiger partial charge < -0.3 is 20.3 Å². The zero-order valence-electron chi connectivity index (χ0n) is 20.6. The number of sulfone groups is 1. The average Bonchev–Trinajstić information content (AvgIpc) is 2.86. The lowest BCUT2D eigenvalue weighted by atomic mass is 10.1. The van der Waals surface area contributed by atoms with E-state index >= 15 is 0 Å². The number of carbonyl (C=O) groups excluding carboxylic acids is 3. The van der Waals surface area contributed by atoms with Crippen LogP contribution in [0, 0.1) is 0 Å². The summed E-state index contributed by atoms with van der Waals surface area (Å²) in [7, 11) is -4.03. The Bertz CT molecular complexity index is 1260. The monoisotopic (exact) mass is 535 g/mol. The van der Waals surface area contributed by atoms with Crippen molar-refractivity contribution >= 4 is 45.0 Å². The third-order valence-electron chi connectivity index (χ3n) is 5.28. The molecule has 1 atom stereocenters. The summed E-state index contributed by atoms with van der Waals surface area (Å²) in [4.78, 5) is 39.9. The standard InChI is InChI=1S/C25H30ClN3O6S/c1-5-12-27-22(30)17-8-11-21-20(13-17)29(14-16-6-9-18(26)10-7-16)23(31)19(15-36(21,33)34)28-24(32)35-25(2,3)4/h6-11,13,19H,5,12,14-15H2,1-4H3,(H,27,30)(H,28,32)/t19-/m0/s1. The number of halogens is 1. The maximum Gasteiger partial charge on any atom is 0.408 e. The fourth-order valence-corrected chi connectivity index (χ4v) is 5.38. The van der Waals surface area contributed by atoms with Crippen molar-refractivity contribution in [3.8, 4) is 0 Å². The van der Waals surface area contributed by atoms with Crippen LogP contribution in [0.5, 0.6) is 0 Å². The first kappa shape index (κ1) is 27.5. The summed E-state index contributed by atoms with van der Waals surface area (Å²) in [6.45, 7) is 7.33. The number of rotatable bonds is 6. The van der Waals surface area contributed by atoms with Crippen molar-refractivity contribution in [3.05, 3.63) is 58.6 Å². The molecule has 2 aromatic carbocycles. The van der Waals surface area contributed by atoms with E-state index < -0.39 is 39.2 Å². The maximum absolute atomic E-state index is 13.7. The number of anilines is 1. The van der Waals surface area contributed by atoms with Gasteiger partial charge in [0.1, 0.15) is 11.6 Å². The van der Waals surface area contributed by atoms with Crippen LogP contribution in [0.4, 0.5) is 10.5 Å². The van der Waals surface area contributed by atoms with Gasteiger partial charge in [-0.1, -0.05) is 30.7 Å². The van der Waals surface area contributed by atoms with E-state index in [1.807, 2.05) is 6.92 Å². The molecule has 0 saturated carbocycles. The van der Waals surface area contributed by atoms with E-state index in [2.05, 4.69) is 10.6 Å². The molecule has 2 aromatic rings. The number of nitrogens with one attached hydrogen (secondary N) is 2. The van der Waals surface area contributed by atoms with E-state index in [1.54, 1.807) is 45.0 Å². The van der Waals surface area contributed by atoms with E-state index in [0.29, 0.717) is 17.1 Å². The van der Waals surface area contributed by atoms with Gasteiger partial charge >= 0.3 is 6.09 Å². The van der Waals surface area contributed by atoms with Crippen LogP contribution in [0.1, 0.15) is 50.0 Å². The highest BCUT2D eigenvalue weighted by atomic mass is 35.5. The van der Waals surface area contributed by atoms with E-state index in [4.69, 9.17) is 16.3 Å². The van der Waals surface area contributed by atoms with Crippen molar-refractivity contribution < 1.29 is 27.5 Å². The van der Waals surface area contributed by atoms with Crippen LogP contribution in [0.15, 0.2) is 47.4 Å². The summed E-state index contributed by atoms with van der Waals surface area (Å²) in [5, 5.41) is 5.67. The number of nitrogens with zero attached hydrogens (tertiary/aromatic N) is 1. The van der Waals surface area contributed by atoms with E-state index in [1.165, 1.54) is 23.1 Å². The minimum atomic E-state index is -4.03. The summed E-state index contributed by atoms with van der Waals surface area (Å²) in [6, 6.07) is 9.45. The summed E-state index contributed by atoms with van der Waals surface area (Å²) < 4.78 is 31.9. The highest BCUT2D eigenvalue weighted by molar-refractivity contribution is 7.91. The zero-order chi connectivity index (χ0) is 26.7. The minimum Gasteiger partial charge on any atom is -0.444 e. The Morgan fingerprint density at radius 1 is 1.14 bits per heavy atom. The van der Waals surface area contributed by atoms with E-state index in [-0.39, 0.29) is 28.6 Å². The second kappa shape index (κ2) is 10.9. The predicted octanol–water partition coefficient (Wildman–Crippen LogP) is 3.69. The van der Waals surface area contributed by atoms with Crippen LogP contribution in [-0.2, 0) is 25.9 Å². The Hall–Kier alpha value is -3.11. The van der Waals surface area contributed by atoms with Crippen LogP contribution in [-0.4, -0.2) is 50.3 Å². The maximum atomic E-state index is 13.7. The Kier molecular flexibility index (Phi) is 8.30. The van der Waals surface area contributed by atoms with Crippen LogP contribution >= 0.6 is 11.6 Å². The van der Waals surface area contributed by atoms with Crippen LogP contribution in [0.3, 0.4) is 0 Å². The third kappa shape index (κ3) is 6.76. The van der Waals surface area contributed by atoms with Gasteiger partial charge in [0, 0.05) is 17.1 Å². The molecule has 0 spiro atoms. The quantitative estimate of drug-likeness (QED) is 0.581. The number of ether oxygens (including phenoxy) is 1. The second-order valence-electron chi connectivity index (χ2n) is 9.47. The molecule has 1 heterocycles. The molecule has 11 heteroatoms. The number of hydrogen-bond donors (Lipinski definition) is 2. The zero-order valence-corrected chi connectivity index (χ0v) is 22.2. The molecule has 3 amide bonds. The van der Waals surface area contributed by atoms with Gasteiger partial charge in [-0.25, -0.2) is 13.2 Å². The predicted molar refractivity (Wildman–Crippen MR) is 137 cm³/mol. The second-order valence-corrected chi connectivity index (χ2v) is 11.9. The Labute approximate surface area is 216 Å². The topological polar surface area (TPSA) is 122 Å². The van der Waals surface area contributed by atoms with Gasteiger partial charge in [0.15, 0.2) is 9.84 Å². The molecule has 0 bridgehead atoms. The molecule has 1 aliphatic rings. The van der Waals surface area contributed by atoms with Crippen molar-refractivity contribution in [3.63, 3.8) is 0 Å². The number of benzene rings is 2. The summed E-state index contributed by atoms with van der Waals surface area (Å²) in [6.07, 6.45) is -0.183. The molecule has 0 fully saturated rings.